The molecule has 2 rings (SSSR count). The highest BCUT2D eigenvalue weighted by atomic mass is 79.9. The molecule has 0 bridgehead atoms. The molecule has 0 aliphatic carbocycles. The minimum atomic E-state index is -0.832. The van der Waals surface area contributed by atoms with Crippen molar-refractivity contribution in [2.24, 2.45) is 0 Å². The second kappa shape index (κ2) is 6.60. The molecule has 0 aliphatic rings. The summed E-state index contributed by atoms with van der Waals surface area (Å²) >= 11 is 6.72. The standard InChI is InChI=1S/C12H13Br2N3O2/c1-19-5-4-17-11(9(14)7-16-17)12(18)10-3-2-8(13)6-15-10/h2-3,6-7,12,18H,4-5H2,1H3. The van der Waals surface area contributed by atoms with E-state index >= 15 is 0 Å². The minimum Gasteiger partial charge on any atom is -0.383 e. The van der Waals surface area contributed by atoms with Crippen molar-refractivity contribution < 1.29 is 9.84 Å². The Kier molecular flexibility index (Phi) is 5.09. The molecule has 2 aromatic heterocycles. The molecule has 0 saturated heterocycles. The number of hydrogen-bond donors (Lipinski definition) is 1. The van der Waals surface area contributed by atoms with Crippen molar-refractivity contribution in [1.29, 1.82) is 0 Å². The maximum Gasteiger partial charge on any atom is 0.139 e. The SMILES string of the molecule is COCCn1ncc(Br)c1C(O)c1ccc(Br)cn1. The van der Waals surface area contributed by atoms with Crippen LogP contribution >= 0.6 is 31.9 Å². The van der Waals surface area contributed by atoms with Gasteiger partial charge in [-0.3, -0.25) is 9.67 Å². The van der Waals surface area contributed by atoms with E-state index in [1.54, 1.807) is 30.3 Å². The number of rotatable bonds is 5. The van der Waals surface area contributed by atoms with E-state index in [2.05, 4.69) is 41.9 Å². The predicted octanol–water partition coefficient (Wildman–Crippen LogP) is 2.53. The summed E-state index contributed by atoms with van der Waals surface area (Å²) in [5.74, 6) is 0. The quantitative estimate of drug-likeness (QED) is 0.852. The Hall–Kier alpha value is -0.760. The van der Waals surface area contributed by atoms with Crippen LogP contribution in [0.15, 0.2) is 33.5 Å². The molecule has 0 aromatic carbocycles. The van der Waals surface area contributed by atoms with Crippen molar-refractivity contribution in [1.82, 2.24) is 14.8 Å². The van der Waals surface area contributed by atoms with Crippen LogP contribution in [0.3, 0.4) is 0 Å². The van der Waals surface area contributed by atoms with Crippen molar-refractivity contribution in [2.45, 2.75) is 12.6 Å². The molecule has 1 atom stereocenters. The van der Waals surface area contributed by atoms with Gasteiger partial charge in [-0.05, 0) is 44.0 Å². The molecular weight excluding hydrogens is 378 g/mol. The first-order chi connectivity index (χ1) is 9.13. The van der Waals surface area contributed by atoms with E-state index in [0.29, 0.717) is 24.5 Å². The van der Waals surface area contributed by atoms with Gasteiger partial charge in [0.2, 0.25) is 0 Å². The third kappa shape index (κ3) is 3.42. The van der Waals surface area contributed by atoms with Gasteiger partial charge in [0.05, 0.1) is 35.2 Å². The zero-order chi connectivity index (χ0) is 13.8. The fraction of sp³-hybridized carbons (Fsp3) is 0.333. The van der Waals surface area contributed by atoms with Crippen LogP contribution in [0.4, 0.5) is 0 Å². The number of aliphatic hydroxyl groups is 1. The molecule has 0 spiro atoms. The Labute approximate surface area is 127 Å². The predicted molar refractivity (Wildman–Crippen MR) is 77.8 cm³/mol. The number of ether oxygens (including phenoxy) is 1. The second-order valence-electron chi connectivity index (χ2n) is 3.90. The van der Waals surface area contributed by atoms with Gasteiger partial charge in [-0.15, -0.1) is 0 Å². The molecule has 0 saturated carbocycles. The normalized spacial score (nSPS) is 12.6. The number of nitrogens with zero attached hydrogens (tertiary/aromatic N) is 3. The van der Waals surface area contributed by atoms with Gasteiger partial charge in [0.15, 0.2) is 0 Å². The summed E-state index contributed by atoms with van der Waals surface area (Å²) in [5.41, 5.74) is 1.25. The van der Waals surface area contributed by atoms with Gasteiger partial charge in [-0.2, -0.15) is 5.10 Å². The van der Waals surface area contributed by atoms with E-state index in [0.717, 1.165) is 8.95 Å². The van der Waals surface area contributed by atoms with Crippen LogP contribution < -0.4 is 0 Å². The third-order valence-corrected chi connectivity index (χ3v) is 3.71. The van der Waals surface area contributed by atoms with E-state index in [9.17, 15) is 5.11 Å². The lowest BCUT2D eigenvalue weighted by molar-refractivity contribution is 0.169. The van der Waals surface area contributed by atoms with Gasteiger partial charge in [0, 0.05) is 17.8 Å². The highest BCUT2D eigenvalue weighted by molar-refractivity contribution is 9.10. The Morgan fingerprint density at radius 1 is 1.37 bits per heavy atom. The maximum atomic E-state index is 10.4. The van der Waals surface area contributed by atoms with Crippen LogP contribution in [0.1, 0.15) is 17.5 Å². The molecule has 0 fully saturated rings. The maximum absolute atomic E-state index is 10.4. The second-order valence-corrected chi connectivity index (χ2v) is 5.67. The highest BCUT2D eigenvalue weighted by Gasteiger charge is 2.20. The molecule has 0 radical (unpaired) electrons. The van der Waals surface area contributed by atoms with Crippen molar-refractivity contribution >= 4 is 31.9 Å². The number of aliphatic hydroxyl groups excluding tert-OH is 1. The molecule has 0 aliphatic heterocycles. The topological polar surface area (TPSA) is 60.2 Å². The monoisotopic (exact) mass is 389 g/mol. The molecule has 102 valence electrons. The minimum absolute atomic E-state index is 0.529. The van der Waals surface area contributed by atoms with E-state index in [1.165, 1.54) is 0 Å². The van der Waals surface area contributed by atoms with Crippen molar-refractivity contribution in [3.8, 4) is 0 Å². The molecule has 1 unspecified atom stereocenters. The van der Waals surface area contributed by atoms with Crippen LogP contribution in [0, 0.1) is 0 Å². The Morgan fingerprint density at radius 2 is 2.16 bits per heavy atom. The number of pyridine rings is 1. The van der Waals surface area contributed by atoms with Crippen molar-refractivity contribution in [3.63, 3.8) is 0 Å². The van der Waals surface area contributed by atoms with Crippen molar-refractivity contribution in [2.75, 3.05) is 13.7 Å². The molecule has 7 heteroatoms. The van der Waals surface area contributed by atoms with Gasteiger partial charge >= 0.3 is 0 Å². The lowest BCUT2D eigenvalue weighted by atomic mass is 10.1. The molecule has 1 N–H and O–H groups in total. The number of methoxy groups -OCH3 is 1. The van der Waals surface area contributed by atoms with Gasteiger partial charge in [-0.25, -0.2) is 0 Å². The fourth-order valence-corrected chi connectivity index (χ4v) is 2.44. The number of halogens is 2. The van der Waals surface area contributed by atoms with E-state index in [4.69, 9.17) is 4.74 Å². The zero-order valence-corrected chi connectivity index (χ0v) is 13.4. The smallest absolute Gasteiger partial charge is 0.139 e. The van der Waals surface area contributed by atoms with E-state index in [1.807, 2.05) is 6.07 Å². The molecule has 0 amide bonds. The van der Waals surface area contributed by atoms with Crippen LogP contribution in [-0.4, -0.2) is 33.6 Å². The first-order valence-corrected chi connectivity index (χ1v) is 7.21. The summed E-state index contributed by atoms with van der Waals surface area (Å²) in [4.78, 5) is 4.21. The highest BCUT2D eigenvalue weighted by Crippen LogP contribution is 2.27. The van der Waals surface area contributed by atoms with Gasteiger partial charge in [-0.1, -0.05) is 0 Å². The van der Waals surface area contributed by atoms with Crippen LogP contribution in [0.2, 0.25) is 0 Å². The van der Waals surface area contributed by atoms with Gasteiger partial charge < -0.3 is 9.84 Å². The average molecular weight is 391 g/mol. The summed E-state index contributed by atoms with van der Waals surface area (Å²) < 4.78 is 8.36. The first-order valence-electron chi connectivity index (χ1n) is 5.63. The zero-order valence-electron chi connectivity index (χ0n) is 10.3. The Bertz CT molecular complexity index is 542. The average Bonchev–Trinajstić information content (AvgIpc) is 2.77. The fourth-order valence-electron chi connectivity index (χ4n) is 1.69. The summed E-state index contributed by atoms with van der Waals surface area (Å²) in [6.45, 7) is 1.10. The lowest BCUT2D eigenvalue weighted by Crippen LogP contribution is -2.14. The summed E-state index contributed by atoms with van der Waals surface area (Å²) in [5, 5.41) is 14.6. The summed E-state index contributed by atoms with van der Waals surface area (Å²) in [6.07, 6.45) is 2.48. The van der Waals surface area contributed by atoms with Crippen LogP contribution in [0.25, 0.3) is 0 Å². The molecule has 2 heterocycles. The first kappa shape index (κ1) is 14.6. The Morgan fingerprint density at radius 3 is 2.79 bits per heavy atom. The summed E-state index contributed by atoms with van der Waals surface area (Å²) in [7, 11) is 1.63. The summed E-state index contributed by atoms with van der Waals surface area (Å²) in [6, 6.07) is 3.62. The Balaban J connectivity index is 2.29. The molecular formula is C12H13Br2N3O2. The largest absolute Gasteiger partial charge is 0.383 e. The lowest BCUT2D eigenvalue weighted by Gasteiger charge is -2.13. The van der Waals surface area contributed by atoms with Crippen LogP contribution in [-0.2, 0) is 11.3 Å². The molecule has 5 nitrogen and oxygen atoms in total. The number of hydrogen-bond acceptors (Lipinski definition) is 4. The van der Waals surface area contributed by atoms with Gasteiger partial charge in [0.1, 0.15) is 6.10 Å². The van der Waals surface area contributed by atoms with E-state index in [-0.39, 0.29) is 0 Å². The third-order valence-electron chi connectivity index (χ3n) is 2.63. The molecule has 19 heavy (non-hydrogen) atoms. The van der Waals surface area contributed by atoms with Gasteiger partial charge in [0.25, 0.3) is 0 Å². The van der Waals surface area contributed by atoms with Crippen LogP contribution in [0.5, 0.6) is 0 Å². The van der Waals surface area contributed by atoms with Crippen molar-refractivity contribution in [3.05, 3.63) is 44.9 Å². The molecule has 2 aromatic rings. The van der Waals surface area contributed by atoms with E-state index < -0.39 is 6.10 Å². The number of aromatic nitrogens is 3.